The zero-order valence-corrected chi connectivity index (χ0v) is 20.3. The third kappa shape index (κ3) is 4.90. The lowest BCUT2D eigenvalue weighted by Crippen LogP contribution is -2.46. The molecule has 1 aliphatic heterocycles. The summed E-state index contributed by atoms with van der Waals surface area (Å²) in [6.45, 7) is 7.50. The first-order valence-electron chi connectivity index (χ1n) is 11.2. The largest absolute Gasteiger partial charge is 0.494 e. The van der Waals surface area contributed by atoms with Crippen LogP contribution in [0.1, 0.15) is 49.5 Å². The van der Waals surface area contributed by atoms with Crippen molar-refractivity contribution in [3.63, 3.8) is 0 Å². The van der Waals surface area contributed by atoms with E-state index in [1.807, 2.05) is 20.8 Å². The highest BCUT2D eigenvalue weighted by Gasteiger charge is 2.30. The maximum Gasteiger partial charge on any atom is 0.291 e. The fourth-order valence-corrected chi connectivity index (χ4v) is 3.96. The zero-order valence-electron chi connectivity index (χ0n) is 19.5. The summed E-state index contributed by atoms with van der Waals surface area (Å²) in [7, 11) is 0. The van der Waals surface area contributed by atoms with Gasteiger partial charge in [0.25, 0.3) is 11.5 Å². The van der Waals surface area contributed by atoms with Gasteiger partial charge in [-0.25, -0.2) is 0 Å². The maximum absolute atomic E-state index is 13.1. The Kier molecular flexibility index (Phi) is 7.57. The van der Waals surface area contributed by atoms with Crippen LogP contribution in [0.2, 0.25) is 0 Å². The summed E-state index contributed by atoms with van der Waals surface area (Å²) >= 11 is 0. The van der Waals surface area contributed by atoms with Crippen molar-refractivity contribution in [1.82, 2.24) is 24.4 Å². The van der Waals surface area contributed by atoms with E-state index in [-0.39, 0.29) is 53.3 Å². The highest BCUT2D eigenvalue weighted by Crippen LogP contribution is 2.27. The number of ether oxygens (including phenoxy) is 1. The Hall–Kier alpha value is -3.05. The van der Waals surface area contributed by atoms with Crippen molar-refractivity contribution < 1.29 is 19.4 Å². The van der Waals surface area contributed by atoms with E-state index < -0.39 is 17.3 Å². The second-order valence-corrected chi connectivity index (χ2v) is 9.08. The molecule has 1 aliphatic carbocycles. The van der Waals surface area contributed by atoms with Crippen LogP contribution in [0.15, 0.2) is 10.9 Å². The fourth-order valence-electron chi connectivity index (χ4n) is 3.96. The number of aromatic nitrogens is 3. The summed E-state index contributed by atoms with van der Waals surface area (Å²) in [5.74, 6) is -1.20. The summed E-state index contributed by atoms with van der Waals surface area (Å²) in [6.07, 6.45) is 4.56. The van der Waals surface area contributed by atoms with Gasteiger partial charge in [-0.05, 0) is 31.8 Å². The summed E-state index contributed by atoms with van der Waals surface area (Å²) in [4.78, 5) is 40.3. The Morgan fingerprint density at radius 1 is 1.35 bits per heavy atom. The predicted octanol–water partition coefficient (Wildman–Crippen LogP) is 1.01. The molecular weight excluding hydrogens is 464 g/mol. The number of halogens is 1. The molecule has 4 rings (SSSR count). The van der Waals surface area contributed by atoms with E-state index in [1.165, 1.54) is 16.7 Å². The topological polar surface area (TPSA) is 144 Å². The van der Waals surface area contributed by atoms with Gasteiger partial charge in [-0.15, -0.1) is 17.5 Å². The zero-order chi connectivity index (χ0) is 23.9. The van der Waals surface area contributed by atoms with Gasteiger partial charge in [-0.1, -0.05) is 13.8 Å². The van der Waals surface area contributed by atoms with E-state index in [0.717, 1.165) is 17.4 Å². The van der Waals surface area contributed by atoms with Crippen molar-refractivity contribution in [2.45, 2.75) is 52.2 Å². The van der Waals surface area contributed by atoms with Gasteiger partial charge in [-0.3, -0.25) is 19.0 Å². The van der Waals surface area contributed by atoms with Crippen LogP contribution in [-0.2, 0) is 16.1 Å². The number of amides is 2. The Morgan fingerprint density at radius 2 is 2.06 bits per heavy atom. The van der Waals surface area contributed by atoms with Crippen molar-refractivity contribution in [2.75, 3.05) is 25.5 Å². The Morgan fingerprint density at radius 3 is 2.68 bits per heavy atom. The molecule has 0 radical (unpaired) electrons. The monoisotopic (exact) mass is 494 g/mol. The van der Waals surface area contributed by atoms with Crippen LogP contribution < -0.4 is 16.6 Å². The molecule has 2 amide bonds. The number of nitrogens with two attached hydrogens (primary N) is 1. The van der Waals surface area contributed by atoms with Gasteiger partial charge in [0.05, 0.1) is 24.8 Å². The Bertz CT molecular complexity index is 1180. The number of nitrogen functional groups attached to an aromatic ring is 1. The van der Waals surface area contributed by atoms with Gasteiger partial charge < -0.3 is 25.8 Å². The first kappa shape index (κ1) is 25.6. The number of aromatic hydroxyl groups is 1. The highest BCUT2D eigenvalue weighted by molar-refractivity contribution is 5.97. The van der Waals surface area contributed by atoms with Crippen LogP contribution in [0.5, 0.6) is 5.88 Å². The molecule has 186 valence electrons. The molecule has 4 N–H and O–H groups in total. The first-order chi connectivity index (χ1) is 15.7. The van der Waals surface area contributed by atoms with Gasteiger partial charge in [0.1, 0.15) is 0 Å². The lowest BCUT2D eigenvalue weighted by Gasteiger charge is -2.32. The first-order valence-corrected chi connectivity index (χ1v) is 11.2. The van der Waals surface area contributed by atoms with Crippen molar-refractivity contribution >= 4 is 41.8 Å². The fraction of sp³-hybridized carbons (Fsp3) is 0.545. The molecule has 1 saturated heterocycles. The van der Waals surface area contributed by atoms with Crippen molar-refractivity contribution in [1.29, 1.82) is 0 Å². The molecule has 12 heteroatoms. The van der Waals surface area contributed by atoms with Crippen LogP contribution in [-0.4, -0.2) is 67.8 Å². The standard InChI is InChI=1S/C22H30N6O5.ClH/c1-12(2)10-27-20-15(6-7-16(29)26-8-9-33-11-13(26)3)18(23)25-28(20)22(32)17(21(27)31)19(30)24-14-4-5-14;/h6-7,12-14,31H,4-5,8-11H2,1-3H3,(H2,23,25)(H,24,30);1H. The minimum Gasteiger partial charge on any atom is -0.494 e. The third-order valence-corrected chi connectivity index (χ3v) is 5.80. The van der Waals surface area contributed by atoms with Crippen LogP contribution in [0.25, 0.3) is 11.7 Å². The molecule has 2 aromatic rings. The second kappa shape index (κ2) is 10.1. The average molecular weight is 495 g/mol. The SMILES string of the molecule is CC(C)Cn1c(O)c(C(=O)NC2CC2)c(=O)n2nc(N)c(C=CC(=O)N3CCOCC3C)c12.Cl. The summed E-state index contributed by atoms with van der Waals surface area (Å²) in [6, 6.07) is -0.0480. The molecule has 1 atom stereocenters. The molecular formula is C22H31ClN6O5. The molecule has 2 aromatic heterocycles. The van der Waals surface area contributed by atoms with Gasteiger partial charge in [0, 0.05) is 25.2 Å². The summed E-state index contributed by atoms with van der Waals surface area (Å²) < 4.78 is 7.86. The number of rotatable bonds is 6. The van der Waals surface area contributed by atoms with Crippen molar-refractivity contribution in [2.24, 2.45) is 5.92 Å². The number of carbonyl (C=O) groups excluding carboxylic acids is 2. The summed E-state index contributed by atoms with van der Waals surface area (Å²) in [5.41, 5.74) is 5.54. The predicted molar refractivity (Wildman–Crippen MR) is 129 cm³/mol. The van der Waals surface area contributed by atoms with Crippen molar-refractivity contribution in [3.8, 4) is 5.88 Å². The molecule has 3 heterocycles. The number of hydrogen-bond acceptors (Lipinski definition) is 7. The maximum atomic E-state index is 13.1. The van der Waals surface area contributed by atoms with E-state index in [0.29, 0.717) is 31.9 Å². The number of nitrogens with one attached hydrogen (secondary N) is 1. The van der Waals surface area contributed by atoms with Crippen molar-refractivity contribution in [3.05, 3.63) is 27.6 Å². The minimum atomic E-state index is -0.764. The minimum absolute atomic E-state index is 0. The molecule has 34 heavy (non-hydrogen) atoms. The second-order valence-electron chi connectivity index (χ2n) is 9.08. The molecule has 2 aliphatic rings. The molecule has 0 aromatic carbocycles. The molecule has 0 bridgehead atoms. The Labute approximate surface area is 203 Å². The van der Waals surface area contributed by atoms with E-state index in [1.54, 1.807) is 4.90 Å². The lowest BCUT2D eigenvalue weighted by molar-refractivity contribution is -0.133. The molecule has 1 saturated carbocycles. The number of hydrogen-bond donors (Lipinski definition) is 3. The van der Waals surface area contributed by atoms with E-state index in [9.17, 15) is 19.5 Å². The normalized spacial score (nSPS) is 18.5. The number of carbonyl (C=O) groups is 2. The van der Waals surface area contributed by atoms with Gasteiger partial charge in [0.2, 0.25) is 11.8 Å². The third-order valence-electron chi connectivity index (χ3n) is 5.80. The molecule has 2 fully saturated rings. The van der Waals surface area contributed by atoms with Crippen LogP contribution in [0, 0.1) is 5.92 Å². The summed E-state index contributed by atoms with van der Waals surface area (Å²) in [5, 5.41) is 17.9. The van der Waals surface area contributed by atoms with Gasteiger partial charge >= 0.3 is 0 Å². The molecule has 11 nitrogen and oxygen atoms in total. The smallest absolute Gasteiger partial charge is 0.291 e. The average Bonchev–Trinajstić information content (AvgIpc) is 3.50. The Balaban J connectivity index is 0.00000324. The van der Waals surface area contributed by atoms with E-state index in [2.05, 4.69) is 10.4 Å². The van der Waals surface area contributed by atoms with E-state index in [4.69, 9.17) is 10.5 Å². The number of morpholine rings is 1. The van der Waals surface area contributed by atoms with Crippen LogP contribution >= 0.6 is 12.4 Å². The van der Waals surface area contributed by atoms with E-state index >= 15 is 0 Å². The van der Waals surface area contributed by atoms with Gasteiger partial charge in [0.15, 0.2) is 17.0 Å². The molecule has 0 spiro atoms. The lowest BCUT2D eigenvalue weighted by atomic mass is 10.2. The van der Waals surface area contributed by atoms with Crippen LogP contribution in [0.4, 0.5) is 5.82 Å². The highest BCUT2D eigenvalue weighted by atomic mass is 35.5. The van der Waals surface area contributed by atoms with Gasteiger partial charge in [-0.2, -0.15) is 4.52 Å². The number of fused-ring (bicyclic) bond motifs is 1. The number of anilines is 1. The number of nitrogens with zero attached hydrogens (tertiary/aromatic N) is 4. The molecule has 1 unspecified atom stereocenters. The quantitative estimate of drug-likeness (QED) is 0.508. The van der Waals surface area contributed by atoms with Crippen LogP contribution in [0.3, 0.4) is 0 Å².